The normalized spacial score (nSPS) is 25.0. The molecule has 3 heterocycles. The zero-order chi connectivity index (χ0) is 14.5. The van der Waals surface area contributed by atoms with Crippen molar-refractivity contribution < 1.29 is 4.79 Å². The molecule has 2 unspecified atom stereocenters. The number of thiophene rings is 1. The quantitative estimate of drug-likeness (QED) is 0.819. The smallest absolute Gasteiger partial charge is 0.223 e. The van der Waals surface area contributed by atoms with Gasteiger partial charge in [0.1, 0.15) is 0 Å². The van der Waals surface area contributed by atoms with Crippen LogP contribution in [0.1, 0.15) is 49.8 Å². The van der Waals surface area contributed by atoms with Gasteiger partial charge in [0.2, 0.25) is 5.91 Å². The summed E-state index contributed by atoms with van der Waals surface area (Å²) in [5, 5.41) is 5.60. The number of hydrogen-bond acceptors (Lipinski definition) is 3. The summed E-state index contributed by atoms with van der Waals surface area (Å²) in [6.45, 7) is 2.08. The van der Waals surface area contributed by atoms with Crippen molar-refractivity contribution in [1.29, 1.82) is 0 Å². The first-order chi connectivity index (χ1) is 10.3. The molecule has 1 amide bonds. The molecule has 1 aromatic heterocycles. The number of carbonyl (C=O) groups is 1. The van der Waals surface area contributed by atoms with E-state index in [9.17, 15) is 4.79 Å². The van der Waals surface area contributed by atoms with Crippen molar-refractivity contribution in [2.24, 2.45) is 0 Å². The minimum atomic E-state index is 0.405. The molecule has 2 aliphatic heterocycles. The highest BCUT2D eigenvalue weighted by molar-refractivity contribution is 7.09. The van der Waals surface area contributed by atoms with Gasteiger partial charge in [-0.15, -0.1) is 11.3 Å². The largest absolute Gasteiger partial charge is 0.335 e. The molecule has 2 atom stereocenters. The third-order valence-corrected chi connectivity index (χ3v) is 5.77. The fourth-order valence-corrected chi connectivity index (χ4v) is 4.48. The lowest BCUT2D eigenvalue weighted by atomic mass is 10.1. The first-order valence-electron chi connectivity index (χ1n) is 8.39. The molecule has 0 saturated carbocycles. The molecule has 0 aliphatic carbocycles. The minimum Gasteiger partial charge on any atom is -0.335 e. The van der Waals surface area contributed by atoms with Gasteiger partial charge in [-0.2, -0.15) is 0 Å². The average Bonchev–Trinajstić information content (AvgIpc) is 3.05. The third-order valence-electron chi connectivity index (χ3n) is 4.84. The number of fused-ring (bicyclic) bond motifs is 2. The second kappa shape index (κ2) is 7.41. The van der Waals surface area contributed by atoms with Gasteiger partial charge in [-0.25, -0.2) is 0 Å². The van der Waals surface area contributed by atoms with Crippen LogP contribution in [0.4, 0.5) is 0 Å². The van der Waals surface area contributed by atoms with Crippen molar-refractivity contribution >= 4 is 17.2 Å². The Morgan fingerprint density at radius 3 is 3.00 bits per heavy atom. The molecule has 2 bridgehead atoms. The minimum absolute atomic E-state index is 0.405. The van der Waals surface area contributed by atoms with E-state index in [2.05, 4.69) is 27.7 Å². The zero-order valence-corrected chi connectivity index (χ0v) is 13.5. The first-order valence-corrected chi connectivity index (χ1v) is 9.27. The van der Waals surface area contributed by atoms with E-state index in [-0.39, 0.29) is 0 Å². The summed E-state index contributed by atoms with van der Waals surface area (Å²) in [4.78, 5) is 16.2. The number of aryl methyl sites for hydroxylation is 1. The van der Waals surface area contributed by atoms with Gasteiger partial charge >= 0.3 is 0 Å². The molecule has 2 fully saturated rings. The topological polar surface area (TPSA) is 32.3 Å². The van der Waals surface area contributed by atoms with E-state index in [1.807, 2.05) is 11.3 Å². The molecule has 1 N–H and O–H groups in total. The second-order valence-corrected chi connectivity index (χ2v) is 7.35. The molecule has 0 aromatic carbocycles. The van der Waals surface area contributed by atoms with Crippen LogP contribution in [0, 0.1) is 0 Å². The highest BCUT2D eigenvalue weighted by Gasteiger charge is 2.37. The lowest BCUT2D eigenvalue weighted by molar-refractivity contribution is -0.133. The number of carbonyl (C=O) groups excluding carboxylic acids is 1. The van der Waals surface area contributed by atoms with Gasteiger partial charge in [-0.1, -0.05) is 12.5 Å². The van der Waals surface area contributed by atoms with Crippen LogP contribution in [0.3, 0.4) is 0 Å². The van der Waals surface area contributed by atoms with Crippen LogP contribution < -0.4 is 5.32 Å². The fourth-order valence-electron chi connectivity index (χ4n) is 3.73. The van der Waals surface area contributed by atoms with Crippen LogP contribution in [-0.4, -0.2) is 36.0 Å². The van der Waals surface area contributed by atoms with Crippen LogP contribution in [0.15, 0.2) is 17.5 Å². The van der Waals surface area contributed by atoms with Gasteiger partial charge in [-0.3, -0.25) is 4.79 Å². The number of nitrogens with one attached hydrogen (secondary N) is 1. The van der Waals surface area contributed by atoms with Crippen molar-refractivity contribution in [1.82, 2.24) is 10.2 Å². The molecule has 0 radical (unpaired) electrons. The third kappa shape index (κ3) is 3.86. The van der Waals surface area contributed by atoms with Gasteiger partial charge in [0.15, 0.2) is 0 Å². The van der Waals surface area contributed by atoms with Crippen molar-refractivity contribution in [2.75, 3.05) is 13.1 Å². The Labute approximate surface area is 131 Å². The molecule has 2 saturated heterocycles. The Hall–Kier alpha value is -0.870. The summed E-state index contributed by atoms with van der Waals surface area (Å²) >= 11 is 1.84. The van der Waals surface area contributed by atoms with E-state index >= 15 is 0 Å². The Morgan fingerprint density at radius 1 is 1.24 bits per heavy atom. The molecule has 21 heavy (non-hydrogen) atoms. The first kappa shape index (κ1) is 15.0. The Bertz CT molecular complexity index is 432. The maximum Gasteiger partial charge on any atom is 0.223 e. The van der Waals surface area contributed by atoms with Gasteiger partial charge in [-0.05, 0) is 56.5 Å². The summed E-state index contributed by atoms with van der Waals surface area (Å²) in [6.07, 6.45) is 8.90. The van der Waals surface area contributed by atoms with Crippen LogP contribution >= 0.6 is 11.3 Å². The van der Waals surface area contributed by atoms with Gasteiger partial charge in [0.25, 0.3) is 0 Å². The van der Waals surface area contributed by atoms with Crippen molar-refractivity contribution in [3.63, 3.8) is 0 Å². The van der Waals surface area contributed by atoms with Crippen molar-refractivity contribution in [3.05, 3.63) is 22.4 Å². The average molecular weight is 306 g/mol. The predicted octanol–water partition coefficient (Wildman–Crippen LogP) is 3.20. The summed E-state index contributed by atoms with van der Waals surface area (Å²) in [7, 11) is 0. The maximum atomic E-state index is 12.5. The lowest BCUT2D eigenvalue weighted by Gasteiger charge is -2.28. The van der Waals surface area contributed by atoms with Crippen molar-refractivity contribution in [2.45, 2.75) is 63.5 Å². The molecule has 1 aromatic rings. The molecule has 4 heteroatoms. The van der Waals surface area contributed by atoms with Crippen LogP contribution in [-0.2, 0) is 11.2 Å². The molecular weight excluding hydrogens is 280 g/mol. The van der Waals surface area contributed by atoms with E-state index in [0.717, 1.165) is 32.4 Å². The Morgan fingerprint density at radius 2 is 2.14 bits per heavy atom. The highest BCUT2D eigenvalue weighted by atomic mass is 32.1. The van der Waals surface area contributed by atoms with E-state index in [4.69, 9.17) is 0 Å². The molecule has 3 nitrogen and oxygen atoms in total. The fraction of sp³-hybridized carbons (Fsp3) is 0.706. The van der Waals surface area contributed by atoms with Gasteiger partial charge in [0, 0.05) is 29.9 Å². The Balaban J connectivity index is 1.38. The molecule has 0 spiro atoms. The standard InChI is InChI=1S/C17H26N2OS/c20-17(7-3-1-2-5-16-6-4-12-21-16)19-14-8-9-15(19)13-18-11-10-14/h4,6,12,14-15,18H,1-3,5,7-11,13H2. The number of amides is 1. The van der Waals surface area contributed by atoms with E-state index < -0.39 is 0 Å². The number of nitrogens with zero attached hydrogens (tertiary/aromatic N) is 1. The van der Waals surface area contributed by atoms with Crippen molar-refractivity contribution in [3.8, 4) is 0 Å². The van der Waals surface area contributed by atoms with Gasteiger partial charge in [0.05, 0.1) is 0 Å². The summed E-state index contributed by atoms with van der Waals surface area (Å²) in [5.41, 5.74) is 0. The van der Waals surface area contributed by atoms with Crippen LogP contribution in [0.5, 0.6) is 0 Å². The maximum absolute atomic E-state index is 12.5. The van der Waals surface area contributed by atoms with Crippen LogP contribution in [0.25, 0.3) is 0 Å². The molecular formula is C17H26N2OS. The second-order valence-electron chi connectivity index (χ2n) is 6.32. The number of unbranched alkanes of at least 4 members (excludes halogenated alkanes) is 2. The van der Waals surface area contributed by atoms with E-state index in [0.29, 0.717) is 18.0 Å². The summed E-state index contributed by atoms with van der Waals surface area (Å²) in [5.74, 6) is 0.405. The lowest BCUT2D eigenvalue weighted by Crippen LogP contribution is -2.42. The number of rotatable bonds is 6. The molecule has 3 rings (SSSR count). The monoisotopic (exact) mass is 306 g/mol. The van der Waals surface area contributed by atoms with Crippen LogP contribution in [0.2, 0.25) is 0 Å². The van der Waals surface area contributed by atoms with E-state index in [1.165, 1.54) is 37.0 Å². The SMILES string of the molecule is O=C(CCCCCc1cccs1)N1C2CCNCC1CC2. The Kier molecular flexibility index (Phi) is 5.31. The predicted molar refractivity (Wildman–Crippen MR) is 87.6 cm³/mol. The highest BCUT2D eigenvalue weighted by Crippen LogP contribution is 2.28. The summed E-state index contributed by atoms with van der Waals surface area (Å²) in [6, 6.07) is 5.31. The molecule has 116 valence electrons. The number of hydrogen-bond donors (Lipinski definition) is 1. The zero-order valence-electron chi connectivity index (χ0n) is 12.7. The molecule has 2 aliphatic rings. The summed E-state index contributed by atoms with van der Waals surface area (Å²) < 4.78 is 0. The van der Waals surface area contributed by atoms with E-state index in [1.54, 1.807) is 0 Å². The van der Waals surface area contributed by atoms with Gasteiger partial charge < -0.3 is 10.2 Å².